The van der Waals surface area contributed by atoms with Gasteiger partial charge in [0, 0.05) is 19.3 Å². The summed E-state index contributed by atoms with van der Waals surface area (Å²) in [7, 11) is 0. The van der Waals surface area contributed by atoms with E-state index in [4.69, 9.17) is 0 Å². The fourth-order valence-electron chi connectivity index (χ4n) is 2.44. The Morgan fingerprint density at radius 1 is 1.29 bits per heavy atom. The van der Waals surface area contributed by atoms with E-state index in [0.717, 1.165) is 24.6 Å². The van der Waals surface area contributed by atoms with Gasteiger partial charge in [-0.3, -0.25) is 9.48 Å². The largest absolute Gasteiger partial charge is 0.352 e. The van der Waals surface area contributed by atoms with E-state index in [1.807, 2.05) is 0 Å². The Kier molecular flexibility index (Phi) is 3.68. The maximum Gasteiger partial charge on any atom is 0.254 e. The summed E-state index contributed by atoms with van der Waals surface area (Å²) in [6.07, 6.45) is 3.89. The average Bonchev–Trinajstić information content (AvgIpc) is 2.80. The summed E-state index contributed by atoms with van der Waals surface area (Å²) in [4.78, 5) is 11.8. The van der Waals surface area contributed by atoms with E-state index in [9.17, 15) is 13.6 Å². The SMILES string of the molecule is O=C1NCCCc2nn(CCc3ccc(F)c(F)c3)cc21. The third kappa shape index (κ3) is 2.94. The van der Waals surface area contributed by atoms with E-state index in [1.165, 1.54) is 6.07 Å². The van der Waals surface area contributed by atoms with Crippen molar-refractivity contribution in [2.45, 2.75) is 25.8 Å². The van der Waals surface area contributed by atoms with Crippen LogP contribution in [0.1, 0.15) is 28.0 Å². The van der Waals surface area contributed by atoms with Crippen LogP contribution in [0.2, 0.25) is 0 Å². The van der Waals surface area contributed by atoms with E-state index >= 15 is 0 Å². The van der Waals surface area contributed by atoms with Crippen LogP contribution in [0.15, 0.2) is 24.4 Å². The van der Waals surface area contributed by atoms with Gasteiger partial charge >= 0.3 is 0 Å². The molecule has 1 amide bonds. The van der Waals surface area contributed by atoms with Crippen LogP contribution in [-0.2, 0) is 19.4 Å². The van der Waals surface area contributed by atoms with Crippen LogP contribution in [0.3, 0.4) is 0 Å². The third-order valence-corrected chi connectivity index (χ3v) is 3.57. The number of aromatic nitrogens is 2. The van der Waals surface area contributed by atoms with Crippen LogP contribution in [0.5, 0.6) is 0 Å². The van der Waals surface area contributed by atoms with Gasteiger partial charge in [0.25, 0.3) is 5.91 Å². The molecule has 4 nitrogen and oxygen atoms in total. The monoisotopic (exact) mass is 291 g/mol. The van der Waals surface area contributed by atoms with Crippen molar-refractivity contribution in [3.8, 4) is 0 Å². The first-order chi connectivity index (χ1) is 10.1. The molecule has 1 aromatic carbocycles. The Labute approximate surface area is 120 Å². The lowest BCUT2D eigenvalue weighted by Gasteiger charge is -2.03. The van der Waals surface area contributed by atoms with Gasteiger partial charge < -0.3 is 5.32 Å². The summed E-state index contributed by atoms with van der Waals surface area (Å²) in [5.74, 6) is -1.79. The van der Waals surface area contributed by atoms with Crippen molar-refractivity contribution >= 4 is 5.91 Å². The molecule has 1 N–H and O–H groups in total. The van der Waals surface area contributed by atoms with Crippen LogP contribution in [0.25, 0.3) is 0 Å². The fraction of sp³-hybridized carbons (Fsp3) is 0.333. The summed E-state index contributed by atoms with van der Waals surface area (Å²) in [5, 5.41) is 7.22. The molecule has 0 atom stereocenters. The van der Waals surface area contributed by atoms with Gasteiger partial charge in [0.15, 0.2) is 11.6 Å². The Balaban J connectivity index is 1.72. The van der Waals surface area contributed by atoms with Crippen LogP contribution in [-0.4, -0.2) is 22.2 Å². The number of aryl methyl sites for hydroxylation is 3. The first kappa shape index (κ1) is 13.7. The zero-order chi connectivity index (χ0) is 14.8. The number of hydrogen-bond acceptors (Lipinski definition) is 2. The highest BCUT2D eigenvalue weighted by Gasteiger charge is 2.18. The normalized spacial score (nSPS) is 14.5. The maximum atomic E-state index is 13.1. The molecule has 0 unspecified atom stereocenters. The number of benzene rings is 1. The molecule has 3 rings (SSSR count). The Morgan fingerprint density at radius 3 is 2.95 bits per heavy atom. The second-order valence-corrected chi connectivity index (χ2v) is 5.11. The molecule has 2 heterocycles. The predicted octanol–water partition coefficient (Wildman–Crippen LogP) is 2.08. The Hall–Kier alpha value is -2.24. The quantitative estimate of drug-likeness (QED) is 0.941. The number of carbonyl (C=O) groups is 1. The van der Waals surface area contributed by atoms with Gasteiger partial charge in [-0.05, 0) is 37.0 Å². The highest BCUT2D eigenvalue weighted by molar-refractivity contribution is 5.95. The summed E-state index contributed by atoms with van der Waals surface area (Å²) in [5.41, 5.74) is 2.11. The summed E-state index contributed by atoms with van der Waals surface area (Å²) in [6, 6.07) is 3.87. The number of carbonyl (C=O) groups excluding carboxylic acids is 1. The van der Waals surface area contributed by atoms with E-state index in [0.29, 0.717) is 30.6 Å². The molecular weight excluding hydrogens is 276 g/mol. The van der Waals surface area contributed by atoms with Crippen molar-refractivity contribution in [1.29, 1.82) is 0 Å². The van der Waals surface area contributed by atoms with Gasteiger partial charge in [-0.15, -0.1) is 0 Å². The molecule has 0 aliphatic carbocycles. The number of hydrogen-bond donors (Lipinski definition) is 1. The number of amides is 1. The van der Waals surface area contributed by atoms with E-state index in [1.54, 1.807) is 16.9 Å². The Morgan fingerprint density at radius 2 is 2.14 bits per heavy atom. The van der Waals surface area contributed by atoms with Crippen molar-refractivity contribution in [2.24, 2.45) is 0 Å². The molecule has 1 aliphatic heterocycles. The topological polar surface area (TPSA) is 46.9 Å². The summed E-state index contributed by atoms with van der Waals surface area (Å²) >= 11 is 0. The number of nitrogens with one attached hydrogen (secondary N) is 1. The first-order valence-corrected chi connectivity index (χ1v) is 6.92. The molecule has 0 saturated carbocycles. The highest BCUT2D eigenvalue weighted by atomic mass is 19.2. The molecule has 0 bridgehead atoms. The summed E-state index contributed by atoms with van der Waals surface area (Å²) in [6.45, 7) is 1.19. The van der Waals surface area contributed by atoms with Gasteiger partial charge in [-0.25, -0.2) is 8.78 Å². The van der Waals surface area contributed by atoms with Crippen molar-refractivity contribution in [3.63, 3.8) is 0 Å². The average molecular weight is 291 g/mol. The lowest BCUT2D eigenvalue weighted by molar-refractivity contribution is 0.0956. The number of halogens is 2. The van der Waals surface area contributed by atoms with Crippen molar-refractivity contribution in [2.75, 3.05) is 6.54 Å². The number of nitrogens with zero attached hydrogens (tertiary/aromatic N) is 2. The molecule has 1 aliphatic rings. The molecule has 0 fully saturated rings. The van der Waals surface area contributed by atoms with Gasteiger partial charge in [0.05, 0.1) is 11.3 Å². The third-order valence-electron chi connectivity index (χ3n) is 3.57. The minimum atomic E-state index is -0.846. The highest BCUT2D eigenvalue weighted by Crippen LogP contribution is 2.14. The number of rotatable bonds is 3. The predicted molar refractivity (Wildman–Crippen MR) is 72.9 cm³/mol. The van der Waals surface area contributed by atoms with Crippen molar-refractivity contribution < 1.29 is 13.6 Å². The molecule has 0 radical (unpaired) electrons. The van der Waals surface area contributed by atoms with Gasteiger partial charge in [0.2, 0.25) is 0 Å². The van der Waals surface area contributed by atoms with Crippen LogP contribution in [0.4, 0.5) is 8.78 Å². The smallest absolute Gasteiger partial charge is 0.254 e. The van der Waals surface area contributed by atoms with Crippen LogP contribution in [0, 0.1) is 11.6 Å². The zero-order valence-electron chi connectivity index (χ0n) is 11.4. The van der Waals surface area contributed by atoms with E-state index in [-0.39, 0.29) is 5.91 Å². The van der Waals surface area contributed by atoms with Crippen LogP contribution >= 0.6 is 0 Å². The molecular formula is C15H15F2N3O. The Bertz CT molecular complexity index is 682. The molecule has 110 valence electrons. The molecule has 2 aromatic rings. The van der Waals surface area contributed by atoms with Gasteiger partial charge in [-0.2, -0.15) is 5.10 Å². The van der Waals surface area contributed by atoms with Crippen LogP contribution < -0.4 is 5.32 Å². The zero-order valence-corrected chi connectivity index (χ0v) is 11.4. The van der Waals surface area contributed by atoms with Crippen molar-refractivity contribution in [1.82, 2.24) is 15.1 Å². The van der Waals surface area contributed by atoms with Gasteiger partial charge in [-0.1, -0.05) is 6.07 Å². The number of fused-ring (bicyclic) bond motifs is 1. The lowest BCUT2D eigenvalue weighted by atomic mass is 10.1. The van der Waals surface area contributed by atoms with E-state index in [2.05, 4.69) is 10.4 Å². The molecule has 1 aromatic heterocycles. The maximum absolute atomic E-state index is 13.1. The molecule has 0 spiro atoms. The molecule has 0 saturated heterocycles. The van der Waals surface area contributed by atoms with Crippen molar-refractivity contribution in [3.05, 3.63) is 52.9 Å². The first-order valence-electron chi connectivity index (χ1n) is 6.92. The summed E-state index contributed by atoms with van der Waals surface area (Å²) < 4.78 is 27.7. The minimum Gasteiger partial charge on any atom is -0.352 e. The van der Waals surface area contributed by atoms with Gasteiger partial charge in [0.1, 0.15) is 0 Å². The van der Waals surface area contributed by atoms with E-state index < -0.39 is 11.6 Å². The fourth-order valence-corrected chi connectivity index (χ4v) is 2.44. The second kappa shape index (κ2) is 5.63. The molecule has 21 heavy (non-hydrogen) atoms. The standard InChI is InChI=1S/C15H15F2N3O/c16-12-4-3-10(8-13(12)17)5-7-20-9-11-14(19-20)2-1-6-18-15(11)21/h3-4,8-9H,1-2,5-7H2,(H,18,21). The molecule has 6 heteroatoms. The minimum absolute atomic E-state index is 0.0958. The lowest BCUT2D eigenvalue weighted by Crippen LogP contribution is -2.22. The second-order valence-electron chi connectivity index (χ2n) is 5.11.